The SMILES string of the molecule is Clc1ccc2c(NCc3ccccc3Cl)cc[nH+]c2c1. The van der Waals surface area contributed by atoms with Gasteiger partial charge in [0.25, 0.3) is 0 Å². The molecule has 0 saturated heterocycles. The van der Waals surface area contributed by atoms with E-state index in [2.05, 4.69) is 10.3 Å². The molecule has 0 fully saturated rings. The van der Waals surface area contributed by atoms with E-state index in [1.54, 1.807) is 0 Å². The predicted octanol–water partition coefficient (Wildman–Crippen LogP) is 4.57. The van der Waals surface area contributed by atoms with Crippen molar-refractivity contribution in [3.8, 4) is 0 Å². The Labute approximate surface area is 127 Å². The van der Waals surface area contributed by atoms with Gasteiger partial charge in [-0.3, -0.25) is 0 Å². The summed E-state index contributed by atoms with van der Waals surface area (Å²) in [5.41, 5.74) is 3.13. The predicted molar refractivity (Wildman–Crippen MR) is 84.3 cm³/mol. The zero-order chi connectivity index (χ0) is 13.9. The standard InChI is InChI=1S/C16H12Cl2N2/c17-12-5-6-13-15(7-8-19-16(13)9-12)20-10-11-3-1-2-4-14(11)18/h1-9H,10H2,(H,19,20)/p+1. The molecule has 4 heteroatoms. The Morgan fingerprint density at radius 3 is 2.70 bits per heavy atom. The summed E-state index contributed by atoms with van der Waals surface area (Å²) in [6.45, 7) is 0.682. The van der Waals surface area contributed by atoms with Crippen molar-refractivity contribution in [2.24, 2.45) is 0 Å². The second-order valence-corrected chi connectivity index (χ2v) is 5.37. The maximum absolute atomic E-state index is 6.17. The second kappa shape index (κ2) is 5.70. The van der Waals surface area contributed by atoms with E-state index in [1.807, 2.05) is 54.7 Å². The molecular formula is C16H13Cl2N2+. The Kier molecular flexibility index (Phi) is 3.77. The van der Waals surface area contributed by atoms with E-state index < -0.39 is 0 Å². The van der Waals surface area contributed by atoms with Crippen molar-refractivity contribution in [2.75, 3.05) is 5.32 Å². The van der Waals surface area contributed by atoms with Gasteiger partial charge in [0.2, 0.25) is 5.52 Å². The van der Waals surface area contributed by atoms with Gasteiger partial charge in [-0.2, -0.15) is 0 Å². The smallest absolute Gasteiger partial charge is 0.214 e. The van der Waals surface area contributed by atoms with Crippen LogP contribution in [0.25, 0.3) is 10.9 Å². The fourth-order valence-electron chi connectivity index (χ4n) is 2.16. The Bertz CT molecular complexity index is 756. The monoisotopic (exact) mass is 303 g/mol. The summed E-state index contributed by atoms with van der Waals surface area (Å²) in [7, 11) is 0. The number of benzene rings is 2. The molecule has 0 amide bonds. The number of H-pyrrole nitrogens is 1. The maximum Gasteiger partial charge on any atom is 0.214 e. The van der Waals surface area contributed by atoms with Crippen LogP contribution < -0.4 is 10.3 Å². The van der Waals surface area contributed by atoms with Gasteiger partial charge in [-0.1, -0.05) is 41.4 Å². The zero-order valence-electron chi connectivity index (χ0n) is 10.7. The Morgan fingerprint density at radius 2 is 1.85 bits per heavy atom. The van der Waals surface area contributed by atoms with Gasteiger partial charge in [-0.15, -0.1) is 0 Å². The van der Waals surface area contributed by atoms with E-state index in [9.17, 15) is 0 Å². The highest BCUT2D eigenvalue weighted by atomic mass is 35.5. The lowest BCUT2D eigenvalue weighted by Crippen LogP contribution is -2.06. The van der Waals surface area contributed by atoms with Crippen molar-refractivity contribution >= 4 is 39.8 Å². The van der Waals surface area contributed by atoms with Crippen molar-refractivity contribution in [1.29, 1.82) is 0 Å². The second-order valence-electron chi connectivity index (χ2n) is 4.53. The van der Waals surface area contributed by atoms with Gasteiger partial charge in [0, 0.05) is 28.7 Å². The third kappa shape index (κ3) is 2.72. The lowest BCUT2D eigenvalue weighted by molar-refractivity contribution is -0.344. The van der Waals surface area contributed by atoms with Crippen LogP contribution in [0.3, 0.4) is 0 Å². The van der Waals surface area contributed by atoms with Gasteiger partial charge in [0.1, 0.15) is 0 Å². The number of hydrogen-bond donors (Lipinski definition) is 1. The largest absolute Gasteiger partial charge is 0.380 e. The summed E-state index contributed by atoms with van der Waals surface area (Å²) in [4.78, 5) is 3.19. The molecule has 20 heavy (non-hydrogen) atoms. The highest BCUT2D eigenvalue weighted by Gasteiger charge is 2.07. The number of hydrogen-bond acceptors (Lipinski definition) is 1. The van der Waals surface area contributed by atoms with Crippen molar-refractivity contribution < 1.29 is 4.98 Å². The van der Waals surface area contributed by atoms with Gasteiger partial charge in [-0.25, -0.2) is 4.98 Å². The minimum Gasteiger partial charge on any atom is -0.380 e. The van der Waals surface area contributed by atoms with Crippen LogP contribution in [-0.2, 0) is 6.54 Å². The first-order valence-electron chi connectivity index (χ1n) is 6.31. The molecule has 0 spiro atoms. The van der Waals surface area contributed by atoms with Crippen LogP contribution in [-0.4, -0.2) is 0 Å². The fourth-order valence-corrected chi connectivity index (χ4v) is 2.54. The molecule has 0 unspecified atom stereocenters. The van der Waals surface area contributed by atoms with Gasteiger partial charge in [0.15, 0.2) is 6.20 Å². The lowest BCUT2D eigenvalue weighted by atomic mass is 10.1. The van der Waals surface area contributed by atoms with Crippen molar-refractivity contribution in [3.63, 3.8) is 0 Å². The molecule has 0 radical (unpaired) electrons. The maximum atomic E-state index is 6.17. The molecule has 2 nitrogen and oxygen atoms in total. The summed E-state index contributed by atoms with van der Waals surface area (Å²) in [5.74, 6) is 0. The Morgan fingerprint density at radius 1 is 1.00 bits per heavy atom. The Balaban J connectivity index is 1.90. The van der Waals surface area contributed by atoms with Gasteiger partial charge < -0.3 is 5.32 Å². The molecule has 1 heterocycles. The minimum absolute atomic E-state index is 0.682. The molecular weight excluding hydrogens is 291 g/mol. The molecule has 3 aromatic rings. The Hall–Kier alpha value is -1.77. The molecule has 0 aliphatic carbocycles. The summed E-state index contributed by atoms with van der Waals surface area (Å²) in [6.07, 6.45) is 1.90. The van der Waals surface area contributed by atoms with Crippen LogP contribution in [0.2, 0.25) is 10.0 Å². The molecule has 0 saturated carbocycles. The molecule has 0 atom stereocenters. The first-order valence-corrected chi connectivity index (χ1v) is 7.07. The molecule has 2 N–H and O–H groups in total. The normalized spacial score (nSPS) is 10.7. The summed E-state index contributed by atoms with van der Waals surface area (Å²) < 4.78 is 0. The average Bonchev–Trinajstić information content (AvgIpc) is 2.46. The zero-order valence-corrected chi connectivity index (χ0v) is 12.2. The van der Waals surface area contributed by atoms with Gasteiger partial charge in [-0.05, 0) is 23.8 Å². The van der Waals surface area contributed by atoms with E-state index in [0.29, 0.717) is 6.54 Å². The topological polar surface area (TPSA) is 26.2 Å². The van der Waals surface area contributed by atoms with Crippen molar-refractivity contribution in [1.82, 2.24) is 0 Å². The minimum atomic E-state index is 0.682. The molecule has 1 aromatic heterocycles. The van der Waals surface area contributed by atoms with Crippen molar-refractivity contribution in [3.05, 3.63) is 70.3 Å². The molecule has 100 valence electrons. The van der Waals surface area contributed by atoms with Crippen LogP contribution in [0.1, 0.15) is 5.56 Å². The van der Waals surface area contributed by atoms with E-state index in [-0.39, 0.29) is 0 Å². The third-order valence-electron chi connectivity index (χ3n) is 3.19. The van der Waals surface area contributed by atoms with Gasteiger partial charge >= 0.3 is 0 Å². The van der Waals surface area contributed by atoms with Crippen LogP contribution >= 0.6 is 23.2 Å². The number of rotatable bonds is 3. The number of aromatic nitrogens is 1. The molecule has 0 aliphatic rings. The molecule has 2 aromatic carbocycles. The summed E-state index contributed by atoms with van der Waals surface area (Å²) in [5, 5.41) is 6.01. The van der Waals surface area contributed by atoms with E-state index in [4.69, 9.17) is 23.2 Å². The third-order valence-corrected chi connectivity index (χ3v) is 3.79. The number of fused-ring (bicyclic) bond motifs is 1. The number of aromatic amines is 1. The number of halogens is 2. The van der Waals surface area contributed by atoms with E-state index in [1.165, 1.54) is 0 Å². The van der Waals surface area contributed by atoms with Crippen molar-refractivity contribution in [2.45, 2.75) is 6.54 Å². The van der Waals surface area contributed by atoms with Crippen LogP contribution in [0.15, 0.2) is 54.7 Å². The quantitative estimate of drug-likeness (QED) is 0.753. The van der Waals surface area contributed by atoms with E-state index in [0.717, 1.165) is 32.2 Å². The first kappa shape index (κ1) is 13.2. The molecule has 3 rings (SSSR count). The highest BCUT2D eigenvalue weighted by molar-refractivity contribution is 6.31. The van der Waals surface area contributed by atoms with Crippen LogP contribution in [0.5, 0.6) is 0 Å². The van der Waals surface area contributed by atoms with Gasteiger partial charge in [0.05, 0.1) is 11.1 Å². The number of nitrogens with one attached hydrogen (secondary N) is 2. The summed E-state index contributed by atoms with van der Waals surface area (Å²) >= 11 is 12.2. The lowest BCUT2D eigenvalue weighted by Gasteiger charge is -2.09. The average molecular weight is 304 g/mol. The van der Waals surface area contributed by atoms with Crippen LogP contribution in [0.4, 0.5) is 5.69 Å². The first-order chi connectivity index (χ1) is 9.74. The molecule has 0 bridgehead atoms. The highest BCUT2D eigenvalue weighted by Crippen LogP contribution is 2.24. The fraction of sp³-hybridized carbons (Fsp3) is 0.0625. The van der Waals surface area contributed by atoms with E-state index >= 15 is 0 Å². The number of anilines is 1. The summed E-state index contributed by atoms with van der Waals surface area (Å²) in [6, 6.07) is 15.6. The van der Waals surface area contributed by atoms with Crippen LogP contribution in [0, 0.1) is 0 Å². The molecule has 0 aliphatic heterocycles. The number of pyridine rings is 1.